The fourth-order valence-corrected chi connectivity index (χ4v) is 12.1. The largest absolute Gasteiger partial charge is 0.311 e. The molecule has 12 aromatic carbocycles. The van der Waals surface area contributed by atoms with Crippen molar-refractivity contribution >= 4 is 103 Å². The van der Waals surface area contributed by atoms with Gasteiger partial charge in [0.1, 0.15) is 0 Å². The van der Waals surface area contributed by atoms with Crippen molar-refractivity contribution in [3.63, 3.8) is 0 Å². The molecule has 14 aromatic rings. The average Bonchev–Trinajstić information content (AvgIpc) is 3.97. The number of hydrogen-bond donors (Lipinski definition) is 0. The normalized spacial score (nSPS) is 11.8. The molecular weight excluding hydrogens is 853 g/mol. The maximum absolute atomic E-state index is 2.39. The number of nitrogens with zero attached hydrogens (tertiary/aromatic N) is 2. The molecule has 0 aliphatic carbocycles. The smallest absolute Gasteiger partial charge is 0.0541 e. The lowest BCUT2D eigenvalue weighted by molar-refractivity contribution is 1.18. The summed E-state index contributed by atoms with van der Waals surface area (Å²) in [7, 11) is 0. The third-order valence-electron chi connectivity index (χ3n) is 14.2. The topological polar surface area (TPSA) is 8.17 Å². The second kappa shape index (κ2) is 16.0. The highest BCUT2D eigenvalue weighted by Crippen LogP contribution is 2.43. The van der Waals surface area contributed by atoms with Crippen LogP contribution in [0.4, 0.5) is 17.1 Å². The Bertz CT molecular complexity index is 4240. The maximum atomic E-state index is 2.39. The van der Waals surface area contributed by atoms with Gasteiger partial charge in [0.15, 0.2) is 0 Å². The summed E-state index contributed by atoms with van der Waals surface area (Å²) in [6, 6.07) is 93.6. The standard InChI is InChI=1S/C66H42N2S/c1-4-17-55-45(12-1)30-39-61-60-38-31-48(42-65(60)69-66(55)61)44-26-34-51(35-27-44)67(52-36-28-46(29-37-52)62-41-49-13-2-3-16-54(49)56-18-5-6-19-57(56)62)50-32-24-43(25-33-50)47-14-11-15-53(40-47)68-63-22-9-7-20-58(63)59-21-8-10-23-64(59)68/h1-42H. The van der Waals surface area contributed by atoms with E-state index in [2.05, 4.69) is 264 Å². The zero-order valence-corrected chi connectivity index (χ0v) is 38.4. The highest BCUT2D eigenvalue weighted by molar-refractivity contribution is 7.26. The monoisotopic (exact) mass is 894 g/mol. The van der Waals surface area contributed by atoms with Gasteiger partial charge in [0.05, 0.1) is 11.0 Å². The van der Waals surface area contributed by atoms with Crippen molar-refractivity contribution < 1.29 is 0 Å². The summed E-state index contributed by atoms with van der Waals surface area (Å²) in [4.78, 5) is 2.38. The summed E-state index contributed by atoms with van der Waals surface area (Å²) in [6.07, 6.45) is 0. The summed E-state index contributed by atoms with van der Waals surface area (Å²) < 4.78 is 5.05. The van der Waals surface area contributed by atoms with Crippen LogP contribution in [0, 0.1) is 0 Å². The van der Waals surface area contributed by atoms with Gasteiger partial charge in [0, 0.05) is 53.7 Å². The molecular formula is C66H42N2S. The molecule has 0 unspecified atom stereocenters. The first kappa shape index (κ1) is 39.4. The molecule has 2 aromatic heterocycles. The van der Waals surface area contributed by atoms with Crippen LogP contribution in [-0.2, 0) is 0 Å². The molecule has 0 atom stereocenters. The van der Waals surface area contributed by atoms with Crippen LogP contribution in [-0.4, -0.2) is 4.57 Å². The number of aromatic nitrogens is 1. The Morgan fingerprint density at radius 1 is 0.290 bits per heavy atom. The van der Waals surface area contributed by atoms with Crippen molar-refractivity contribution in [1.82, 2.24) is 4.57 Å². The van der Waals surface area contributed by atoms with Crippen molar-refractivity contribution in [3.05, 3.63) is 255 Å². The molecule has 0 aliphatic rings. The van der Waals surface area contributed by atoms with Crippen LogP contribution < -0.4 is 4.90 Å². The number of para-hydroxylation sites is 2. The number of benzene rings is 12. The summed E-state index contributed by atoms with van der Waals surface area (Å²) in [6.45, 7) is 0. The molecule has 0 fully saturated rings. The summed E-state index contributed by atoms with van der Waals surface area (Å²) >= 11 is 1.89. The van der Waals surface area contributed by atoms with Crippen LogP contribution in [0.3, 0.4) is 0 Å². The maximum Gasteiger partial charge on any atom is 0.0541 e. The lowest BCUT2D eigenvalue weighted by Gasteiger charge is -2.26. The molecule has 0 saturated carbocycles. The first-order valence-electron chi connectivity index (χ1n) is 23.6. The van der Waals surface area contributed by atoms with Gasteiger partial charge in [-0.2, -0.15) is 0 Å². The molecule has 0 saturated heterocycles. The zero-order valence-electron chi connectivity index (χ0n) is 37.6. The molecule has 0 spiro atoms. The van der Waals surface area contributed by atoms with Crippen molar-refractivity contribution in [3.8, 4) is 39.1 Å². The van der Waals surface area contributed by atoms with E-state index in [0.717, 1.165) is 22.7 Å². The van der Waals surface area contributed by atoms with Crippen molar-refractivity contribution in [1.29, 1.82) is 0 Å². The van der Waals surface area contributed by atoms with Gasteiger partial charge in [0.25, 0.3) is 0 Å². The summed E-state index contributed by atoms with van der Waals surface area (Å²) in [5.74, 6) is 0. The van der Waals surface area contributed by atoms with E-state index in [1.807, 2.05) is 11.3 Å². The van der Waals surface area contributed by atoms with Gasteiger partial charge in [-0.3, -0.25) is 0 Å². The van der Waals surface area contributed by atoms with Crippen molar-refractivity contribution in [2.75, 3.05) is 4.90 Å². The van der Waals surface area contributed by atoms with Crippen molar-refractivity contribution in [2.45, 2.75) is 0 Å². The fraction of sp³-hybridized carbons (Fsp3) is 0. The molecule has 3 heteroatoms. The van der Waals surface area contributed by atoms with E-state index >= 15 is 0 Å². The van der Waals surface area contributed by atoms with E-state index in [0.29, 0.717) is 0 Å². The molecule has 0 radical (unpaired) electrons. The Balaban J connectivity index is 0.848. The lowest BCUT2D eigenvalue weighted by atomic mass is 9.93. The third kappa shape index (κ3) is 6.54. The SMILES string of the molecule is c1cc(-c2ccc(N(c3ccc(-c4ccc5c(c4)sc4c6ccccc6ccc54)cc3)c3ccc(-c4cc5ccccc5c5ccccc45)cc3)cc2)cc(-n2c3ccccc3c3ccccc32)c1. The minimum absolute atomic E-state index is 1.09. The van der Waals surface area contributed by atoms with Gasteiger partial charge in [-0.25, -0.2) is 0 Å². The zero-order chi connectivity index (χ0) is 45.4. The van der Waals surface area contributed by atoms with Crippen LogP contribution in [0.25, 0.3) is 113 Å². The Hall–Kier alpha value is -8.76. The van der Waals surface area contributed by atoms with Crippen LogP contribution in [0.5, 0.6) is 0 Å². The van der Waals surface area contributed by atoms with E-state index in [-0.39, 0.29) is 0 Å². The lowest BCUT2D eigenvalue weighted by Crippen LogP contribution is -2.09. The first-order chi connectivity index (χ1) is 34.2. The second-order valence-corrected chi connectivity index (χ2v) is 19.1. The quantitative estimate of drug-likeness (QED) is 0.145. The van der Waals surface area contributed by atoms with Crippen LogP contribution >= 0.6 is 11.3 Å². The Kier molecular flexibility index (Phi) is 9.11. The van der Waals surface area contributed by atoms with Crippen LogP contribution in [0.1, 0.15) is 0 Å². The third-order valence-corrected chi connectivity index (χ3v) is 15.4. The number of hydrogen-bond acceptors (Lipinski definition) is 2. The van der Waals surface area contributed by atoms with E-state index in [4.69, 9.17) is 0 Å². The first-order valence-corrected chi connectivity index (χ1v) is 24.5. The molecule has 2 nitrogen and oxygen atoms in total. The minimum atomic E-state index is 1.09. The van der Waals surface area contributed by atoms with E-state index in [1.54, 1.807) is 0 Å². The average molecular weight is 895 g/mol. The molecule has 322 valence electrons. The summed E-state index contributed by atoms with van der Waals surface area (Å²) in [5.41, 5.74) is 14.0. The highest BCUT2D eigenvalue weighted by atomic mass is 32.1. The Morgan fingerprint density at radius 3 is 1.46 bits per heavy atom. The van der Waals surface area contributed by atoms with E-state index in [9.17, 15) is 0 Å². The van der Waals surface area contributed by atoms with Crippen LogP contribution in [0.15, 0.2) is 255 Å². The molecule has 0 N–H and O–H groups in total. The fourth-order valence-electron chi connectivity index (χ4n) is 10.8. The molecule has 14 rings (SSSR count). The van der Waals surface area contributed by atoms with Gasteiger partial charge < -0.3 is 9.47 Å². The Morgan fingerprint density at radius 2 is 0.797 bits per heavy atom. The van der Waals surface area contributed by atoms with Gasteiger partial charge in [0.2, 0.25) is 0 Å². The van der Waals surface area contributed by atoms with E-state index in [1.165, 1.54) is 108 Å². The molecule has 2 heterocycles. The van der Waals surface area contributed by atoms with Gasteiger partial charge in [-0.05, 0) is 138 Å². The van der Waals surface area contributed by atoms with Gasteiger partial charge >= 0.3 is 0 Å². The molecule has 0 aliphatic heterocycles. The number of anilines is 3. The highest BCUT2D eigenvalue weighted by Gasteiger charge is 2.17. The molecule has 0 amide bonds. The Labute approximate surface area is 403 Å². The van der Waals surface area contributed by atoms with Crippen molar-refractivity contribution in [2.24, 2.45) is 0 Å². The number of fused-ring (bicyclic) bond motifs is 11. The number of thiophene rings is 1. The summed E-state index contributed by atoms with van der Waals surface area (Å²) in [5, 5.41) is 12.8. The molecule has 0 bridgehead atoms. The second-order valence-electron chi connectivity index (χ2n) is 18.1. The van der Waals surface area contributed by atoms with Crippen LogP contribution in [0.2, 0.25) is 0 Å². The predicted molar refractivity (Wildman–Crippen MR) is 297 cm³/mol. The molecule has 69 heavy (non-hydrogen) atoms. The predicted octanol–water partition coefficient (Wildman–Crippen LogP) is 19.1. The van der Waals surface area contributed by atoms with Gasteiger partial charge in [-0.15, -0.1) is 11.3 Å². The van der Waals surface area contributed by atoms with E-state index < -0.39 is 0 Å². The minimum Gasteiger partial charge on any atom is -0.311 e. The van der Waals surface area contributed by atoms with Gasteiger partial charge in [-0.1, -0.05) is 182 Å². The number of rotatable bonds is 7.